The highest BCUT2D eigenvalue weighted by Crippen LogP contribution is 2.02. The maximum Gasteiger partial charge on any atom is 0.115 e. The van der Waals surface area contributed by atoms with E-state index in [1.165, 1.54) is 0 Å². The fourth-order valence-corrected chi connectivity index (χ4v) is 0.428. The standard InChI is InChI=1S/C6H6O.H2OS/c7-6-4-2-1-3-5-6;1-2/h1-5,7H;1-2H. The molecule has 0 saturated carbocycles. The van der Waals surface area contributed by atoms with E-state index < -0.39 is 0 Å². The van der Waals surface area contributed by atoms with Crippen LogP contribution in [-0.4, -0.2) is 9.66 Å². The molecule has 0 atom stereocenters. The van der Waals surface area contributed by atoms with Crippen molar-refractivity contribution in [1.29, 1.82) is 0 Å². The first-order valence-corrected chi connectivity index (χ1v) is 2.73. The van der Waals surface area contributed by atoms with Crippen LogP contribution in [0.1, 0.15) is 0 Å². The largest absolute Gasteiger partial charge is 0.508 e. The minimum atomic E-state index is 0.322. The van der Waals surface area contributed by atoms with Gasteiger partial charge in [-0.15, -0.1) is 0 Å². The van der Waals surface area contributed by atoms with Gasteiger partial charge in [0.1, 0.15) is 5.75 Å². The Morgan fingerprint density at radius 1 is 1.00 bits per heavy atom. The number of para-hydroxylation sites is 1. The third-order valence-electron chi connectivity index (χ3n) is 0.756. The van der Waals surface area contributed by atoms with E-state index in [4.69, 9.17) is 9.66 Å². The van der Waals surface area contributed by atoms with E-state index >= 15 is 0 Å². The fraction of sp³-hybridized carbons (Fsp3) is 0. The van der Waals surface area contributed by atoms with E-state index in [-0.39, 0.29) is 0 Å². The monoisotopic (exact) mass is 144 g/mol. The van der Waals surface area contributed by atoms with E-state index in [1.807, 2.05) is 6.07 Å². The van der Waals surface area contributed by atoms with Gasteiger partial charge >= 0.3 is 0 Å². The second kappa shape index (κ2) is 5.47. The van der Waals surface area contributed by atoms with Gasteiger partial charge in [-0.2, -0.15) is 0 Å². The molecule has 0 unspecified atom stereocenters. The summed E-state index contributed by atoms with van der Waals surface area (Å²) in [5, 5.41) is 8.63. The molecule has 0 aliphatic rings. The van der Waals surface area contributed by atoms with Crippen molar-refractivity contribution in [2.24, 2.45) is 0 Å². The molecule has 0 bridgehead atoms. The van der Waals surface area contributed by atoms with Crippen molar-refractivity contribution in [2.45, 2.75) is 0 Å². The van der Waals surface area contributed by atoms with Crippen LogP contribution in [-0.2, 0) is 0 Å². The van der Waals surface area contributed by atoms with Gasteiger partial charge in [-0.05, 0) is 25.0 Å². The van der Waals surface area contributed by atoms with E-state index in [9.17, 15) is 0 Å². The number of thiol groups is 1. The van der Waals surface area contributed by atoms with Gasteiger partial charge in [0.15, 0.2) is 0 Å². The molecule has 0 aliphatic heterocycles. The summed E-state index contributed by atoms with van der Waals surface area (Å²) in [6.45, 7) is 0. The van der Waals surface area contributed by atoms with E-state index in [2.05, 4.69) is 12.9 Å². The molecule has 0 saturated heterocycles. The van der Waals surface area contributed by atoms with Gasteiger partial charge in [0.2, 0.25) is 0 Å². The Balaban J connectivity index is 0.000000291. The Hall–Kier alpha value is -0.670. The lowest BCUT2D eigenvalue weighted by Crippen LogP contribution is -1.56. The molecule has 0 aromatic heterocycles. The molecule has 50 valence electrons. The average Bonchev–Trinajstić information content (AvgIpc) is 1.94. The highest BCUT2D eigenvalue weighted by molar-refractivity contribution is 7.74. The minimum absolute atomic E-state index is 0.322. The molecule has 0 amide bonds. The summed E-state index contributed by atoms with van der Waals surface area (Å²) in [4.78, 5) is 0. The summed E-state index contributed by atoms with van der Waals surface area (Å²) in [7, 11) is 0. The molecule has 0 spiro atoms. The smallest absolute Gasteiger partial charge is 0.115 e. The maximum atomic E-state index is 8.63. The van der Waals surface area contributed by atoms with Gasteiger partial charge in [-0.25, -0.2) is 0 Å². The van der Waals surface area contributed by atoms with Crippen molar-refractivity contribution in [2.75, 3.05) is 0 Å². The van der Waals surface area contributed by atoms with Gasteiger partial charge in [0, 0.05) is 0 Å². The van der Waals surface area contributed by atoms with Gasteiger partial charge in [-0.3, -0.25) is 0 Å². The topological polar surface area (TPSA) is 40.5 Å². The maximum absolute atomic E-state index is 8.63. The van der Waals surface area contributed by atoms with Crippen LogP contribution in [0.15, 0.2) is 30.3 Å². The number of hydrogen-bond acceptors (Lipinski definition) is 3. The Bertz CT molecular complexity index is 141. The third-order valence-corrected chi connectivity index (χ3v) is 0.756. The molecular formula is C6H8O2S. The zero-order valence-electron chi connectivity index (χ0n) is 4.73. The number of rotatable bonds is 0. The normalized spacial score (nSPS) is 7.33. The van der Waals surface area contributed by atoms with Crippen LogP contribution < -0.4 is 0 Å². The summed E-state index contributed by atoms with van der Waals surface area (Å²) in [5.41, 5.74) is 0. The Morgan fingerprint density at radius 3 is 1.67 bits per heavy atom. The lowest BCUT2D eigenvalue weighted by molar-refractivity contribution is 0.475. The second-order valence-corrected chi connectivity index (χ2v) is 1.34. The average molecular weight is 144 g/mol. The van der Waals surface area contributed by atoms with Gasteiger partial charge in [0.05, 0.1) is 0 Å². The zero-order chi connectivity index (χ0) is 7.11. The Kier molecular flexibility index (Phi) is 5.06. The van der Waals surface area contributed by atoms with Crippen LogP contribution in [0.4, 0.5) is 0 Å². The molecule has 1 aromatic carbocycles. The second-order valence-electron chi connectivity index (χ2n) is 1.34. The molecule has 1 aromatic rings. The molecule has 9 heavy (non-hydrogen) atoms. The summed E-state index contributed by atoms with van der Waals surface area (Å²) in [6.07, 6.45) is 0. The molecule has 3 heteroatoms. The fourth-order valence-electron chi connectivity index (χ4n) is 0.428. The van der Waals surface area contributed by atoms with E-state index in [0.29, 0.717) is 5.75 Å². The van der Waals surface area contributed by atoms with Crippen LogP contribution in [0.3, 0.4) is 0 Å². The molecule has 2 nitrogen and oxygen atoms in total. The van der Waals surface area contributed by atoms with Gasteiger partial charge in [0.25, 0.3) is 0 Å². The zero-order valence-corrected chi connectivity index (χ0v) is 5.62. The predicted octanol–water partition coefficient (Wildman–Crippen LogP) is 1.78. The van der Waals surface area contributed by atoms with Crippen LogP contribution in [0.5, 0.6) is 5.75 Å². The van der Waals surface area contributed by atoms with Crippen LogP contribution in [0.25, 0.3) is 0 Å². The molecule has 2 N–H and O–H groups in total. The van der Waals surface area contributed by atoms with Crippen LogP contribution >= 0.6 is 12.9 Å². The lowest BCUT2D eigenvalue weighted by Gasteiger charge is -1.82. The van der Waals surface area contributed by atoms with Crippen LogP contribution in [0, 0.1) is 0 Å². The Morgan fingerprint density at radius 2 is 1.44 bits per heavy atom. The molecule has 0 aliphatic carbocycles. The van der Waals surface area contributed by atoms with Crippen LogP contribution in [0.2, 0.25) is 0 Å². The first-order chi connectivity index (χ1) is 4.39. The summed E-state index contributed by atoms with van der Waals surface area (Å²) in [6, 6.07) is 8.71. The molecule has 1 rings (SSSR count). The third kappa shape index (κ3) is 3.88. The van der Waals surface area contributed by atoms with Crippen molar-refractivity contribution in [1.82, 2.24) is 0 Å². The highest BCUT2D eigenvalue weighted by atomic mass is 32.1. The van der Waals surface area contributed by atoms with Crippen molar-refractivity contribution >= 4 is 12.9 Å². The number of benzene rings is 1. The van der Waals surface area contributed by atoms with Crippen molar-refractivity contribution in [3.63, 3.8) is 0 Å². The van der Waals surface area contributed by atoms with Crippen molar-refractivity contribution < 1.29 is 9.66 Å². The highest BCUT2D eigenvalue weighted by Gasteiger charge is 1.74. The summed E-state index contributed by atoms with van der Waals surface area (Å²) >= 11 is 2.53. The van der Waals surface area contributed by atoms with Gasteiger partial charge in [-0.1, -0.05) is 18.2 Å². The number of hydrogen-bond donors (Lipinski definition) is 3. The first kappa shape index (κ1) is 8.33. The number of phenolic OH excluding ortho intramolecular Hbond substituents is 1. The van der Waals surface area contributed by atoms with E-state index in [0.717, 1.165) is 0 Å². The minimum Gasteiger partial charge on any atom is -0.508 e. The molecule has 0 heterocycles. The predicted molar refractivity (Wildman–Crippen MR) is 39.7 cm³/mol. The first-order valence-electron chi connectivity index (χ1n) is 2.33. The Labute approximate surface area is 59.4 Å². The number of aromatic hydroxyl groups is 1. The van der Waals surface area contributed by atoms with Crippen molar-refractivity contribution in [3.05, 3.63) is 30.3 Å². The van der Waals surface area contributed by atoms with E-state index in [1.54, 1.807) is 24.3 Å². The SMILES string of the molecule is OS.Oc1ccccc1. The number of phenols is 1. The quantitative estimate of drug-likeness (QED) is 0.383. The lowest BCUT2D eigenvalue weighted by atomic mass is 10.3. The summed E-state index contributed by atoms with van der Waals surface area (Å²) < 4.78 is 6.69. The molecular weight excluding hydrogens is 136 g/mol. The van der Waals surface area contributed by atoms with Crippen molar-refractivity contribution in [3.8, 4) is 5.75 Å². The molecule has 0 radical (unpaired) electrons. The van der Waals surface area contributed by atoms with Gasteiger partial charge < -0.3 is 9.66 Å². The molecule has 0 fully saturated rings. The summed E-state index contributed by atoms with van der Waals surface area (Å²) in [5.74, 6) is 0.322.